The van der Waals surface area contributed by atoms with E-state index < -0.39 is 10.9 Å². The molecule has 0 spiro atoms. The molecule has 0 aromatic heterocycles. The largest absolute Gasteiger partial charge is 0.402 e. The van der Waals surface area contributed by atoms with Gasteiger partial charge in [0, 0.05) is 11.6 Å². The van der Waals surface area contributed by atoms with Gasteiger partial charge in [0.15, 0.2) is 5.70 Å². The normalized spacial score (nSPS) is 15.5. The number of cyclic esters (lactones) is 1. The summed E-state index contributed by atoms with van der Waals surface area (Å²) in [6.45, 7) is 1.90. The summed E-state index contributed by atoms with van der Waals surface area (Å²) in [4.78, 5) is 26.7. The number of esters is 1. The summed E-state index contributed by atoms with van der Waals surface area (Å²) < 4.78 is 5.21. The number of benzene rings is 2. The molecule has 25 heavy (non-hydrogen) atoms. The second-order valence-corrected chi connectivity index (χ2v) is 5.35. The van der Waals surface area contributed by atoms with Crippen molar-refractivity contribution in [3.8, 4) is 0 Å². The molecule has 1 aliphatic rings. The molecule has 0 saturated carbocycles. The fraction of sp³-hybridized carbons (Fsp3) is 0.0526. The summed E-state index contributed by atoms with van der Waals surface area (Å²) >= 11 is 0. The van der Waals surface area contributed by atoms with E-state index in [1.165, 1.54) is 12.1 Å². The van der Waals surface area contributed by atoms with Gasteiger partial charge in [-0.2, -0.15) is 0 Å². The van der Waals surface area contributed by atoms with Crippen molar-refractivity contribution in [3.63, 3.8) is 0 Å². The molecule has 0 saturated heterocycles. The Bertz CT molecular complexity index is 942. The molecule has 6 heteroatoms. The fourth-order valence-electron chi connectivity index (χ4n) is 2.39. The van der Waals surface area contributed by atoms with E-state index in [1.54, 1.807) is 30.4 Å². The first-order valence-corrected chi connectivity index (χ1v) is 7.55. The summed E-state index contributed by atoms with van der Waals surface area (Å²) in [5.74, 6) is -0.293. The predicted octanol–water partition coefficient (Wildman–Crippen LogP) is 3.80. The van der Waals surface area contributed by atoms with E-state index in [2.05, 4.69) is 4.99 Å². The third kappa shape index (κ3) is 3.53. The Morgan fingerprint density at radius 1 is 1.12 bits per heavy atom. The molecule has 1 aliphatic heterocycles. The first-order valence-electron chi connectivity index (χ1n) is 7.55. The highest BCUT2D eigenvalue weighted by Crippen LogP contribution is 2.21. The number of nitrogens with zero attached hydrogens (tertiary/aromatic N) is 2. The van der Waals surface area contributed by atoms with Crippen molar-refractivity contribution in [2.75, 3.05) is 0 Å². The summed E-state index contributed by atoms with van der Waals surface area (Å²) in [6.07, 6.45) is 4.58. The number of nitro groups is 1. The molecule has 0 fully saturated rings. The quantitative estimate of drug-likeness (QED) is 0.368. The van der Waals surface area contributed by atoms with Gasteiger partial charge in [0.05, 0.1) is 10.5 Å². The van der Waals surface area contributed by atoms with Crippen molar-refractivity contribution < 1.29 is 14.5 Å². The molecular formula is C19H14N2O4. The lowest BCUT2D eigenvalue weighted by atomic mass is 10.1. The molecule has 3 rings (SSSR count). The Hall–Kier alpha value is -3.54. The van der Waals surface area contributed by atoms with Gasteiger partial charge in [-0.15, -0.1) is 0 Å². The molecule has 124 valence electrons. The third-order valence-corrected chi connectivity index (χ3v) is 3.66. The van der Waals surface area contributed by atoms with Crippen LogP contribution in [0.5, 0.6) is 0 Å². The molecule has 0 bridgehead atoms. The Morgan fingerprint density at radius 3 is 2.60 bits per heavy atom. The molecule has 0 amide bonds. The molecule has 2 aromatic carbocycles. The zero-order valence-electron chi connectivity index (χ0n) is 13.4. The summed E-state index contributed by atoms with van der Waals surface area (Å²) in [7, 11) is 0. The van der Waals surface area contributed by atoms with Gasteiger partial charge in [-0.05, 0) is 36.8 Å². The van der Waals surface area contributed by atoms with Crippen molar-refractivity contribution in [1.82, 2.24) is 0 Å². The number of carbonyl (C=O) groups is 1. The maximum Gasteiger partial charge on any atom is 0.363 e. The van der Waals surface area contributed by atoms with Crippen LogP contribution in [-0.4, -0.2) is 16.8 Å². The Kier molecular flexibility index (Phi) is 4.52. The molecule has 0 radical (unpaired) electrons. The topological polar surface area (TPSA) is 81.8 Å². The maximum atomic E-state index is 11.9. The SMILES string of the molecule is Cc1ccccc1C1=NC(=CC=Cc2ccccc2[N+](=O)[O-])C(=O)O1. The Labute approximate surface area is 143 Å². The number of hydrogen-bond acceptors (Lipinski definition) is 5. The van der Waals surface area contributed by atoms with Gasteiger partial charge in [-0.3, -0.25) is 10.1 Å². The molecular weight excluding hydrogens is 320 g/mol. The number of nitro benzene ring substituents is 1. The molecule has 0 unspecified atom stereocenters. The van der Waals surface area contributed by atoms with Crippen LogP contribution in [0.25, 0.3) is 6.08 Å². The molecule has 0 N–H and O–H groups in total. The second-order valence-electron chi connectivity index (χ2n) is 5.35. The van der Waals surface area contributed by atoms with Crippen LogP contribution in [0.15, 0.2) is 71.4 Å². The van der Waals surface area contributed by atoms with E-state index >= 15 is 0 Å². The smallest absolute Gasteiger partial charge is 0.363 e. The van der Waals surface area contributed by atoms with Gasteiger partial charge in [0.1, 0.15) is 0 Å². The summed E-state index contributed by atoms with van der Waals surface area (Å²) in [5.41, 5.74) is 2.29. The van der Waals surface area contributed by atoms with Crippen LogP contribution >= 0.6 is 0 Å². The lowest BCUT2D eigenvalue weighted by molar-refractivity contribution is -0.385. The van der Waals surface area contributed by atoms with E-state index in [1.807, 2.05) is 31.2 Å². The molecule has 6 nitrogen and oxygen atoms in total. The molecule has 1 heterocycles. The van der Waals surface area contributed by atoms with Crippen molar-refractivity contribution in [3.05, 3.63) is 93.2 Å². The highest BCUT2D eigenvalue weighted by molar-refractivity contribution is 6.11. The van der Waals surface area contributed by atoms with Crippen LogP contribution in [0.4, 0.5) is 5.69 Å². The highest BCUT2D eigenvalue weighted by atomic mass is 16.6. The zero-order chi connectivity index (χ0) is 17.8. The van der Waals surface area contributed by atoms with Crippen LogP contribution in [0, 0.1) is 17.0 Å². The van der Waals surface area contributed by atoms with Crippen LogP contribution in [-0.2, 0) is 9.53 Å². The van der Waals surface area contributed by atoms with Crippen LogP contribution < -0.4 is 0 Å². The minimum Gasteiger partial charge on any atom is -0.402 e. The first kappa shape index (κ1) is 16.3. The average Bonchev–Trinajstić information content (AvgIpc) is 2.96. The lowest BCUT2D eigenvalue weighted by Crippen LogP contribution is -2.06. The summed E-state index contributed by atoms with van der Waals surface area (Å²) in [5, 5.41) is 11.0. The van der Waals surface area contributed by atoms with Crippen LogP contribution in [0.1, 0.15) is 16.7 Å². The highest BCUT2D eigenvalue weighted by Gasteiger charge is 2.24. The predicted molar refractivity (Wildman–Crippen MR) is 94.0 cm³/mol. The van der Waals surface area contributed by atoms with Gasteiger partial charge in [0.2, 0.25) is 5.90 Å². The number of para-hydroxylation sites is 1. The number of allylic oxidation sites excluding steroid dienone is 2. The minimum absolute atomic E-state index is 0.00440. The summed E-state index contributed by atoms with van der Waals surface area (Å²) in [6, 6.07) is 13.8. The van der Waals surface area contributed by atoms with Gasteiger partial charge in [0.25, 0.3) is 5.69 Å². The average molecular weight is 334 g/mol. The van der Waals surface area contributed by atoms with E-state index in [4.69, 9.17) is 4.74 Å². The monoisotopic (exact) mass is 334 g/mol. The van der Waals surface area contributed by atoms with Gasteiger partial charge < -0.3 is 4.74 Å². The number of carbonyl (C=O) groups excluding carboxylic acids is 1. The van der Waals surface area contributed by atoms with Crippen LogP contribution in [0.2, 0.25) is 0 Å². The maximum absolute atomic E-state index is 11.9. The van der Waals surface area contributed by atoms with Crippen molar-refractivity contribution >= 4 is 23.6 Å². The molecule has 0 atom stereocenters. The van der Waals surface area contributed by atoms with E-state index in [-0.39, 0.29) is 17.3 Å². The number of aryl methyl sites for hydroxylation is 1. The van der Waals surface area contributed by atoms with Crippen molar-refractivity contribution in [2.45, 2.75) is 6.92 Å². The fourth-order valence-corrected chi connectivity index (χ4v) is 2.39. The van der Waals surface area contributed by atoms with E-state index in [0.29, 0.717) is 5.56 Å². The standard InChI is InChI=1S/C19H14N2O4/c1-13-7-2-4-10-15(13)18-20-16(19(22)25-18)11-6-9-14-8-3-5-12-17(14)21(23)24/h2-12H,1H3. The van der Waals surface area contributed by atoms with E-state index in [9.17, 15) is 14.9 Å². The minimum atomic E-state index is -0.550. The number of ether oxygens (including phenoxy) is 1. The van der Waals surface area contributed by atoms with Gasteiger partial charge >= 0.3 is 5.97 Å². The van der Waals surface area contributed by atoms with Crippen molar-refractivity contribution in [1.29, 1.82) is 0 Å². The lowest BCUT2D eigenvalue weighted by Gasteiger charge is -2.02. The Morgan fingerprint density at radius 2 is 1.84 bits per heavy atom. The Balaban J connectivity index is 1.86. The number of rotatable bonds is 4. The van der Waals surface area contributed by atoms with Crippen LogP contribution in [0.3, 0.4) is 0 Å². The number of hydrogen-bond donors (Lipinski definition) is 0. The van der Waals surface area contributed by atoms with Gasteiger partial charge in [-0.1, -0.05) is 36.4 Å². The zero-order valence-corrected chi connectivity index (χ0v) is 13.4. The third-order valence-electron chi connectivity index (χ3n) is 3.66. The first-order chi connectivity index (χ1) is 12.1. The van der Waals surface area contributed by atoms with Gasteiger partial charge in [-0.25, -0.2) is 9.79 Å². The number of aliphatic imine (C=N–C) groups is 1. The van der Waals surface area contributed by atoms with Crippen molar-refractivity contribution in [2.24, 2.45) is 4.99 Å². The molecule has 2 aromatic rings. The van der Waals surface area contributed by atoms with E-state index in [0.717, 1.165) is 11.1 Å². The molecule has 0 aliphatic carbocycles. The second kappa shape index (κ2) is 6.92.